The van der Waals surface area contributed by atoms with Crippen molar-refractivity contribution in [3.8, 4) is 5.69 Å². The Kier molecular flexibility index (Phi) is 7.43. The number of para-hydroxylation sites is 1. The molecule has 0 saturated carbocycles. The van der Waals surface area contributed by atoms with Crippen LogP contribution in [0.5, 0.6) is 0 Å². The number of aromatic nitrogens is 3. The largest absolute Gasteiger partial charge is 0.356 e. The monoisotopic (exact) mass is 398 g/mol. The van der Waals surface area contributed by atoms with E-state index < -0.39 is 0 Å². The molecule has 0 fully saturated rings. The number of guanidine groups is 1. The summed E-state index contributed by atoms with van der Waals surface area (Å²) in [7, 11) is 1.74. The molecule has 8 heteroatoms. The van der Waals surface area contributed by atoms with Gasteiger partial charge in [-0.3, -0.25) is 9.56 Å². The Morgan fingerprint density at radius 2 is 1.89 bits per heavy atom. The van der Waals surface area contributed by atoms with Crippen LogP contribution in [-0.2, 0) is 6.54 Å². The van der Waals surface area contributed by atoms with Crippen LogP contribution in [0.2, 0.25) is 0 Å². The Morgan fingerprint density at radius 3 is 2.64 bits per heavy atom. The van der Waals surface area contributed by atoms with Crippen LogP contribution in [0.1, 0.15) is 12.2 Å². The first-order valence-electron chi connectivity index (χ1n) is 9.03. The fourth-order valence-electron chi connectivity index (χ4n) is 2.57. The highest BCUT2D eigenvalue weighted by Crippen LogP contribution is 2.18. The molecule has 6 nitrogen and oxygen atoms in total. The van der Waals surface area contributed by atoms with Gasteiger partial charge in [-0.05, 0) is 48.6 Å². The second-order valence-electron chi connectivity index (χ2n) is 5.96. The summed E-state index contributed by atoms with van der Waals surface area (Å²) in [4.78, 5) is 5.32. The van der Waals surface area contributed by atoms with Gasteiger partial charge in [0.15, 0.2) is 11.8 Å². The SMILES string of the molecule is CN=C(NCCCSc1ccc(F)cc1)NCc1nncn1-c1ccccc1. The van der Waals surface area contributed by atoms with Gasteiger partial charge in [-0.1, -0.05) is 18.2 Å². The van der Waals surface area contributed by atoms with E-state index in [1.165, 1.54) is 12.1 Å². The maximum absolute atomic E-state index is 12.9. The summed E-state index contributed by atoms with van der Waals surface area (Å²) >= 11 is 1.71. The Labute approximate surface area is 168 Å². The Balaban J connectivity index is 1.41. The lowest BCUT2D eigenvalue weighted by Crippen LogP contribution is -2.38. The maximum Gasteiger partial charge on any atom is 0.191 e. The van der Waals surface area contributed by atoms with Crippen LogP contribution in [0, 0.1) is 5.82 Å². The molecule has 0 bridgehead atoms. The van der Waals surface area contributed by atoms with E-state index >= 15 is 0 Å². The lowest BCUT2D eigenvalue weighted by Gasteiger charge is -2.12. The highest BCUT2D eigenvalue weighted by atomic mass is 32.2. The number of halogens is 1. The Morgan fingerprint density at radius 1 is 1.11 bits per heavy atom. The van der Waals surface area contributed by atoms with Crippen LogP contribution in [0.25, 0.3) is 5.69 Å². The zero-order valence-electron chi connectivity index (χ0n) is 15.7. The number of thioether (sulfide) groups is 1. The number of benzene rings is 2. The second kappa shape index (κ2) is 10.5. The molecule has 0 unspecified atom stereocenters. The van der Waals surface area contributed by atoms with Crippen molar-refractivity contribution in [2.75, 3.05) is 19.3 Å². The normalized spacial score (nSPS) is 11.4. The molecule has 2 aromatic carbocycles. The number of aliphatic imine (C=N–C) groups is 1. The van der Waals surface area contributed by atoms with Crippen LogP contribution in [0.4, 0.5) is 4.39 Å². The highest BCUT2D eigenvalue weighted by molar-refractivity contribution is 7.99. The van der Waals surface area contributed by atoms with E-state index in [1.54, 1.807) is 37.3 Å². The summed E-state index contributed by atoms with van der Waals surface area (Å²) in [6.07, 6.45) is 2.66. The molecule has 1 aromatic heterocycles. The minimum absolute atomic E-state index is 0.205. The van der Waals surface area contributed by atoms with E-state index in [4.69, 9.17) is 0 Å². The lowest BCUT2D eigenvalue weighted by atomic mass is 10.3. The molecule has 146 valence electrons. The molecule has 0 atom stereocenters. The minimum Gasteiger partial charge on any atom is -0.356 e. The number of nitrogens with one attached hydrogen (secondary N) is 2. The van der Waals surface area contributed by atoms with Gasteiger partial charge in [-0.15, -0.1) is 22.0 Å². The van der Waals surface area contributed by atoms with Crippen LogP contribution < -0.4 is 10.6 Å². The van der Waals surface area contributed by atoms with Crippen molar-refractivity contribution in [2.45, 2.75) is 17.9 Å². The van der Waals surface area contributed by atoms with E-state index in [-0.39, 0.29) is 5.82 Å². The molecular weight excluding hydrogens is 375 g/mol. The summed E-state index contributed by atoms with van der Waals surface area (Å²) in [5, 5.41) is 14.8. The van der Waals surface area contributed by atoms with Crippen molar-refractivity contribution in [3.63, 3.8) is 0 Å². The zero-order valence-corrected chi connectivity index (χ0v) is 16.5. The van der Waals surface area contributed by atoms with Crippen LogP contribution in [-0.4, -0.2) is 40.1 Å². The first-order chi connectivity index (χ1) is 13.8. The van der Waals surface area contributed by atoms with E-state index in [0.717, 1.165) is 41.1 Å². The summed E-state index contributed by atoms with van der Waals surface area (Å²) in [5.74, 6) is 2.26. The van der Waals surface area contributed by atoms with E-state index in [0.29, 0.717) is 6.54 Å². The highest BCUT2D eigenvalue weighted by Gasteiger charge is 2.07. The molecule has 28 heavy (non-hydrogen) atoms. The first-order valence-corrected chi connectivity index (χ1v) is 10.0. The van der Waals surface area contributed by atoms with E-state index in [9.17, 15) is 4.39 Å². The minimum atomic E-state index is -0.205. The fourth-order valence-corrected chi connectivity index (χ4v) is 3.42. The molecule has 3 rings (SSSR count). The van der Waals surface area contributed by atoms with Gasteiger partial charge in [0.1, 0.15) is 12.1 Å². The third kappa shape index (κ3) is 5.82. The van der Waals surface area contributed by atoms with Gasteiger partial charge in [0.2, 0.25) is 0 Å². The fraction of sp³-hybridized carbons (Fsp3) is 0.250. The molecule has 0 radical (unpaired) electrons. The molecular formula is C20H23FN6S. The third-order valence-corrected chi connectivity index (χ3v) is 5.08. The Hall–Kier alpha value is -2.87. The summed E-state index contributed by atoms with van der Waals surface area (Å²) in [5.41, 5.74) is 1.02. The molecule has 2 N–H and O–H groups in total. The van der Waals surface area contributed by atoms with Gasteiger partial charge in [0.25, 0.3) is 0 Å². The molecule has 0 saturated heterocycles. The van der Waals surface area contributed by atoms with Gasteiger partial charge >= 0.3 is 0 Å². The van der Waals surface area contributed by atoms with Gasteiger partial charge in [0.05, 0.1) is 6.54 Å². The van der Waals surface area contributed by atoms with Crippen molar-refractivity contribution < 1.29 is 4.39 Å². The van der Waals surface area contributed by atoms with Crippen molar-refractivity contribution in [3.05, 3.63) is 72.6 Å². The molecule has 0 spiro atoms. The summed E-state index contributed by atoms with van der Waals surface area (Å²) in [6.45, 7) is 1.30. The van der Waals surface area contributed by atoms with Crippen molar-refractivity contribution in [2.24, 2.45) is 4.99 Å². The van der Waals surface area contributed by atoms with Crippen LogP contribution in [0.15, 0.2) is 70.8 Å². The third-order valence-electron chi connectivity index (χ3n) is 3.99. The van der Waals surface area contributed by atoms with Gasteiger partial charge in [-0.25, -0.2) is 4.39 Å². The smallest absolute Gasteiger partial charge is 0.191 e. The van der Waals surface area contributed by atoms with Crippen LogP contribution in [0.3, 0.4) is 0 Å². The lowest BCUT2D eigenvalue weighted by molar-refractivity contribution is 0.626. The topological polar surface area (TPSA) is 67.1 Å². The predicted molar refractivity (Wildman–Crippen MR) is 111 cm³/mol. The van der Waals surface area contributed by atoms with Crippen molar-refractivity contribution >= 4 is 17.7 Å². The van der Waals surface area contributed by atoms with Crippen LogP contribution >= 0.6 is 11.8 Å². The average molecular weight is 399 g/mol. The summed E-state index contributed by atoms with van der Waals surface area (Å²) in [6, 6.07) is 16.5. The Bertz CT molecular complexity index is 879. The molecule has 0 aliphatic heterocycles. The number of rotatable bonds is 8. The van der Waals surface area contributed by atoms with Crippen molar-refractivity contribution in [1.82, 2.24) is 25.4 Å². The molecule has 0 aliphatic rings. The maximum atomic E-state index is 12.9. The number of hydrogen-bond acceptors (Lipinski definition) is 4. The number of nitrogens with zero attached hydrogens (tertiary/aromatic N) is 4. The predicted octanol–water partition coefficient (Wildman–Crippen LogP) is 3.25. The standard InChI is InChI=1S/C20H23FN6S/c1-22-20(23-12-5-13-28-18-10-8-16(21)9-11-18)24-14-19-26-25-15-27(19)17-6-3-2-4-7-17/h2-4,6-11,15H,5,12-14H2,1H3,(H2,22,23,24). The van der Waals surface area contributed by atoms with Gasteiger partial charge in [0, 0.05) is 24.2 Å². The quantitative estimate of drug-likeness (QED) is 0.264. The average Bonchev–Trinajstić information content (AvgIpc) is 3.20. The van der Waals surface area contributed by atoms with Gasteiger partial charge < -0.3 is 10.6 Å². The second-order valence-corrected chi connectivity index (χ2v) is 7.13. The number of hydrogen-bond donors (Lipinski definition) is 2. The van der Waals surface area contributed by atoms with E-state index in [2.05, 4.69) is 25.8 Å². The molecule has 0 amide bonds. The van der Waals surface area contributed by atoms with E-state index in [1.807, 2.05) is 34.9 Å². The van der Waals surface area contributed by atoms with Gasteiger partial charge in [-0.2, -0.15) is 0 Å². The summed E-state index contributed by atoms with van der Waals surface area (Å²) < 4.78 is 14.8. The zero-order chi connectivity index (χ0) is 19.6. The van der Waals surface area contributed by atoms with Crippen molar-refractivity contribution in [1.29, 1.82) is 0 Å². The molecule has 0 aliphatic carbocycles. The molecule has 3 aromatic rings. The first kappa shape index (κ1) is 19.9. The molecule has 1 heterocycles.